The Morgan fingerprint density at radius 1 is 1.16 bits per heavy atom. The summed E-state index contributed by atoms with van der Waals surface area (Å²) in [7, 11) is 1.73. The lowest BCUT2D eigenvalue weighted by atomic mass is 9.52. The summed E-state index contributed by atoms with van der Waals surface area (Å²) in [6, 6.07) is 1.08. The first-order valence-corrected chi connectivity index (χ1v) is 13.7. The molecule has 7 N–H and O–H groups in total. The molecule has 0 saturated carbocycles. The van der Waals surface area contributed by atoms with Crippen LogP contribution in [0, 0.1) is 0 Å². The van der Waals surface area contributed by atoms with Crippen molar-refractivity contribution in [2.24, 2.45) is 0 Å². The fourth-order valence-corrected chi connectivity index (χ4v) is 6.36. The van der Waals surface area contributed by atoms with Gasteiger partial charge in [0.1, 0.15) is 11.8 Å². The highest BCUT2D eigenvalue weighted by Crippen LogP contribution is 2.63. The standard InChI is InChI=1S/C28H34N2O13/c1-4-27-21-13-5-6-15(31)22(21)43-23(27)17(7-8-28(27,40)18(9-13)29-3)42-26(39)16(32)11-20(35)41-12(2)24(36)30-14(25(37)38)10-19(33)34/h5-7,12,14,16,18,23,29,31-32,40H,4,8-11H2,1-3H3,(H,30,36)(H,33,34)(H,37,38)/t12-,14-,16-,18+,23-,27-,28+/m0/s1. The number of phenolic OH excluding ortho intramolecular Hbond substituents is 1. The number of aromatic hydroxyl groups is 1. The van der Waals surface area contributed by atoms with Gasteiger partial charge in [0.2, 0.25) is 0 Å². The van der Waals surface area contributed by atoms with Crippen molar-refractivity contribution >= 4 is 29.8 Å². The van der Waals surface area contributed by atoms with Crippen LogP contribution in [0.15, 0.2) is 24.0 Å². The summed E-state index contributed by atoms with van der Waals surface area (Å²) in [5.41, 5.74) is -1.02. The molecule has 7 atom stereocenters. The van der Waals surface area contributed by atoms with E-state index in [4.69, 9.17) is 24.4 Å². The quantitative estimate of drug-likeness (QED) is 0.145. The molecular formula is C28H34N2O13. The number of carbonyl (C=O) groups excluding carboxylic acids is 3. The number of aliphatic hydroxyl groups is 2. The highest BCUT2D eigenvalue weighted by atomic mass is 16.6. The number of hydrogen-bond donors (Lipinski definition) is 7. The van der Waals surface area contributed by atoms with Gasteiger partial charge in [0.15, 0.2) is 29.8 Å². The highest BCUT2D eigenvalue weighted by molar-refractivity contribution is 5.90. The molecule has 0 saturated heterocycles. The fraction of sp³-hybridized carbons (Fsp3) is 0.536. The van der Waals surface area contributed by atoms with Gasteiger partial charge in [-0.3, -0.25) is 14.4 Å². The van der Waals surface area contributed by atoms with Gasteiger partial charge in [-0.25, -0.2) is 9.59 Å². The summed E-state index contributed by atoms with van der Waals surface area (Å²) < 4.78 is 16.5. The summed E-state index contributed by atoms with van der Waals surface area (Å²) in [6.45, 7) is 2.94. The largest absolute Gasteiger partial charge is 0.504 e. The summed E-state index contributed by atoms with van der Waals surface area (Å²) in [5.74, 6) is -6.61. The van der Waals surface area contributed by atoms with E-state index in [0.29, 0.717) is 18.4 Å². The zero-order valence-electron chi connectivity index (χ0n) is 23.7. The summed E-state index contributed by atoms with van der Waals surface area (Å²) in [6.07, 6.45) is -4.17. The number of carboxylic acids is 2. The van der Waals surface area contributed by atoms with Crippen LogP contribution in [0.25, 0.3) is 0 Å². The van der Waals surface area contributed by atoms with Gasteiger partial charge in [-0.1, -0.05) is 13.0 Å². The molecule has 0 fully saturated rings. The molecule has 1 heterocycles. The highest BCUT2D eigenvalue weighted by Gasteiger charge is 2.69. The lowest BCUT2D eigenvalue weighted by Gasteiger charge is -2.56. The number of phenols is 1. The van der Waals surface area contributed by atoms with Crippen molar-refractivity contribution in [3.8, 4) is 11.5 Å². The number of likely N-dealkylation sites (N-methyl/N-ethyl adjacent to an activating group) is 1. The van der Waals surface area contributed by atoms with E-state index >= 15 is 0 Å². The number of benzene rings is 1. The number of hydrogen-bond acceptors (Lipinski definition) is 12. The molecule has 2 aliphatic carbocycles. The van der Waals surface area contributed by atoms with Crippen molar-refractivity contribution in [2.75, 3.05) is 7.05 Å². The van der Waals surface area contributed by atoms with Crippen molar-refractivity contribution in [2.45, 2.75) is 87.4 Å². The molecule has 0 radical (unpaired) electrons. The van der Waals surface area contributed by atoms with Gasteiger partial charge in [-0.05, 0) is 44.5 Å². The topological polar surface area (TPSA) is 238 Å². The van der Waals surface area contributed by atoms with Crippen molar-refractivity contribution < 1.29 is 63.7 Å². The van der Waals surface area contributed by atoms with E-state index in [0.717, 1.165) is 12.5 Å². The number of carbonyl (C=O) groups is 5. The van der Waals surface area contributed by atoms with Crippen LogP contribution in [0.2, 0.25) is 0 Å². The van der Waals surface area contributed by atoms with Crippen molar-refractivity contribution in [3.05, 3.63) is 35.1 Å². The first-order chi connectivity index (χ1) is 20.2. The van der Waals surface area contributed by atoms with Crippen LogP contribution in [0.1, 0.15) is 50.7 Å². The normalized spacial score (nSPS) is 27.0. The van der Waals surface area contributed by atoms with E-state index in [9.17, 15) is 39.3 Å². The average molecular weight is 607 g/mol. The Kier molecular flexibility index (Phi) is 8.72. The fourth-order valence-electron chi connectivity index (χ4n) is 6.36. The smallest absolute Gasteiger partial charge is 0.340 e. The number of esters is 2. The minimum Gasteiger partial charge on any atom is -0.504 e. The number of aliphatic hydroxyl groups excluding tert-OH is 1. The third kappa shape index (κ3) is 5.39. The first kappa shape index (κ1) is 31.7. The molecular weight excluding hydrogens is 572 g/mol. The zero-order valence-corrected chi connectivity index (χ0v) is 23.7. The van der Waals surface area contributed by atoms with Gasteiger partial charge in [-0.15, -0.1) is 0 Å². The predicted octanol–water partition coefficient (Wildman–Crippen LogP) is -0.766. The molecule has 1 aromatic rings. The Labute approximate surface area is 245 Å². The minimum atomic E-state index is -2.04. The zero-order chi connectivity index (χ0) is 31.9. The Bertz CT molecular complexity index is 1380. The third-order valence-electron chi connectivity index (χ3n) is 8.43. The van der Waals surface area contributed by atoms with Crippen molar-refractivity contribution in [3.63, 3.8) is 0 Å². The molecule has 43 heavy (non-hydrogen) atoms. The molecule has 0 bridgehead atoms. The second kappa shape index (κ2) is 11.8. The SMILES string of the molecule is CC[C@]12c3c4ccc(O)c3O[C@H]1C(OC(=O)[C@@H](O)CC(=O)O[C@@H](C)C(=O)N[C@@H](CC(=O)O)C(=O)O)=CC[C@@]2(O)[C@H](NC)C4. The molecule has 15 heteroatoms. The van der Waals surface area contributed by atoms with Gasteiger partial charge in [0.25, 0.3) is 5.91 Å². The lowest BCUT2D eigenvalue weighted by molar-refractivity contribution is -0.164. The van der Waals surface area contributed by atoms with Crippen LogP contribution in [0.5, 0.6) is 11.5 Å². The van der Waals surface area contributed by atoms with Crippen LogP contribution < -0.4 is 15.4 Å². The lowest BCUT2D eigenvalue weighted by Crippen LogP contribution is -2.70. The molecule has 1 aliphatic heterocycles. The van der Waals surface area contributed by atoms with Crippen molar-refractivity contribution in [1.82, 2.24) is 10.6 Å². The number of aliphatic carboxylic acids is 2. The molecule has 1 amide bonds. The minimum absolute atomic E-state index is 0.0202. The summed E-state index contributed by atoms with van der Waals surface area (Å²) in [4.78, 5) is 59.4. The first-order valence-electron chi connectivity index (χ1n) is 13.7. The van der Waals surface area contributed by atoms with Gasteiger partial charge < -0.3 is 50.4 Å². The van der Waals surface area contributed by atoms with Gasteiger partial charge in [-0.2, -0.15) is 0 Å². The monoisotopic (exact) mass is 606 g/mol. The molecule has 234 valence electrons. The van der Waals surface area contributed by atoms with Crippen molar-refractivity contribution in [1.29, 1.82) is 0 Å². The molecule has 15 nitrogen and oxygen atoms in total. The Morgan fingerprint density at radius 3 is 2.47 bits per heavy atom. The average Bonchev–Trinajstić information content (AvgIpc) is 3.32. The van der Waals surface area contributed by atoms with Gasteiger partial charge in [0, 0.05) is 18.0 Å². The third-order valence-corrected chi connectivity index (χ3v) is 8.43. The van der Waals surface area contributed by atoms with Crippen LogP contribution in [-0.4, -0.2) is 98.4 Å². The maximum absolute atomic E-state index is 12.9. The maximum Gasteiger partial charge on any atom is 0.340 e. The van der Waals surface area contributed by atoms with E-state index in [1.165, 1.54) is 12.1 Å². The van der Waals surface area contributed by atoms with Gasteiger partial charge in [0.05, 0.1) is 23.9 Å². The van der Waals surface area contributed by atoms with E-state index in [2.05, 4.69) is 5.32 Å². The maximum atomic E-state index is 12.9. The number of nitrogens with one attached hydrogen (secondary N) is 2. The molecule has 0 spiro atoms. The summed E-state index contributed by atoms with van der Waals surface area (Å²) >= 11 is 0. The van der Waals surface area contributed by atoms with Crippen LogP contribution in [0.4, 0.5) is 0 Å². The Balaban J connectivity index is 1.45. The second-order valence-electron chi connectivity index (χ2n) is 10.8. The molecule has 3 aliphatic rings. The van der Waals surface area contributed by atoms with Crippen LogP contribution in [0.3, 0.4) is 0 Å². The second-order valence-corrected chi connectivity index (χ2v) is 10.8. The van der Waals surface area contributed by atoms with Gasteiger partial charge >= 0.3 is 23.9 Å². The molecule has 0 aromatic heterocycles. The van der Waals surface area contributed by atoms with Crippen LogP contribution >= 0.6 is 0 Å². The van der Waals surface area contributed by atoms with E-state index in [-0.39, 0.29) is 23.7 Å². The predicted molar refractivity (Wildman–Crippen MR) is 143 cm³/mol. The number of amides is 1. The van der Waals surface area contributed by atoms with Crippen LogP contribution in [-0.2, 0) is 45.3 Å². The Hall–Kier alpha value is -4.21. The Morgan fingerprint density at radius 2 is 1.86 bits per heavy atom. The van der Waals surface area contributed by atoms with E-state index in [1.807, 2.05) is 12.2 Å². The molecule has 4 rings (SSSR count). The molecule has 1 aromatic carbocycles. The summed E-state index contributed by atoms with van der Waals surface area (Å²) in [5, 5.41) is 56.0. The van der Waals surface area contributed by atoms with E-state index in [1.54, 1.807) is 13.1 Å². The molecule has 0 unspecified atom stereocenters. The number of carboxylic acid groups (broad SMARTS) is 2. The van der Waals surface area contributed by atoms with E-state index < -0.39 is 84.0 Å². The number of ether oxygens (including phenoxy) is 3. The number of rotatable bonds is 12.